The molecule has 1 aromatic carbocycles. The Morgan fingerprint density at radius 1 is 1.19 bits per heavy atom. The maximum absolute atomic E-state index is 14.6. The second-order valence-corrected chi connectivity index (χ2v) is 7.64. The van der Waals surface area contributed by atoms with Crippen molar-refractivity contribution in [3.05, 3.63) is 51.7 Å². The summed E-state index contributed by atoms with van der Waals surface area (Å²) in [4.78, 5) is 24.3. The summed E-state index contributed by atoms with van der Waals surface area (Å²) >= 11 is 0. The highest BCUT2D eigenvalue weighted by molar-refractivity contribution is 5.87. The van der Waals surface area contributed by atoms with Crippen LogP contribution >= 0.6 is 0 Å². The maximum atomic E-state index is 14.6. The van der Waals surface area contributed by atoms with Crippen molar-refractivity contribution >= 4 is 5.91 Å². The van der Waals surface area contributed by atoms with Crippen molar-refractivity contribution in [1.82, 2.24) is 14.3 Å². The molecule has 2 heterocycles. The third-order valence-electron chi connectivity index (χ3n) is 6.35. The van der Waals surface area contributed by atoms with Crippen molar-refractivity contribution in [1.29, 1.82) is 0 Å². The topological polar surface area (TPSA) is 82.9 Å². The minimum absolute atomic E-state index is 0.238. The van der Waals surface area contributed by atoms with Gasteiger partial charge in [0.1, 0.15) is 28.4 Å². The number of nitrogens with zero attached hydrogens (tertiary/aromatic N) is 3. The Labute approximate surface area is 149 Å². The Balaban J connectivity index is 1.58. The molecular formula is C17H14F4N4O2. The van der Waals surface area contributed by atoms with Gasteiger partial charge < -0.3 is 5.73 Å². The third-order valence-corrected chi connectivity index (χ3v) is 6.35. The van der Waals surface area contributed by atoms with Gasteiger partial charge in [0, 0.05) is 12.5 Å². The third kappa shape index (κ3) is 1.65. The molecule has 1 aliphatic heterocycles. The molecule has 10 heteroatoms. The second-order valence-electron chi connectivity index (χ2n) is 7.64. The average molecular weight is 382 g/mol. The van der Waals surface area contributed by atoms with Crippen LogP contribution in [-0.2, 0) is 16.8 Å². The van der Waals surface area contributed by atoms with Gasteiger partial charge >= 0.3 is 5.69 Å². The predicted octanol–water partition coefficient (Wildman–Crippen LogP) is 1.47. The predicted molar refractivity (Wildman–Crippen MR) is 83.1 cm³/mol. The molecule has 1 aromatic heterocycles. The number of hydrogen-bond acceptors (Lipinski definition) is 3. The zero-order chi connectivity index (χ0) is 19.4. The highest BCUT2D eigenvalue weighted by atomic mass is 19.3. The lowest BCUT2D eigenvalue weighted by Crippen LogP contribution is -2.87. The van der Waals surface area contributed by atoms with E-state index in [0.29, 0.717) is 12.8 Å². The summed E-state index contributed by atoms with van der Waals surface area (Å²) in [5.74, 6) is -5.82. The minimum atomic E-state index is -3.45. The number of fused-ring (bicyclic) bond motifs is 1. The van der Waals surface area contributed by atoms with E-state index in [1.165, 1.54) is 4.57 Å². The van der Waals surface area contributed by atoms with E-state index in [1.807, 2.05) is 0 Å². The monoisotopic (exact) mass is 382 g/mol. The lowest BCUT2D eigenvalue weighted by atomic mass is 9.36. The maximum Gasteiger partial charge on any atom is 0.347 e. The van der Waals surface area contributed by atoms with E-state index in [9.17, 15) is 27.2 Å². The fourth-order valence-electron chi connectivity index (χ4n) is 4.89. The van der Waals surface area contributed by atoms with Crippen molar-refractivity contribution in [3.63, 3.8) is 0 Å². The summed E-state index contributed by atoms with van der Waals surface area (Å²) in [6.07, 6.45) is 0.222. The largest absolute Gasteiger partial charge is 0.369 e. The number of benzene rings is 1. The fourth-order valence-corrected chi connectivity index (χ4v) is 4.89. The number of aromatic nitrogens is 3. The number of amides is 1. The van der Waals surface area contributed by atoms with Crippen LogP contribution < -0.4 is 11.4 Å². The number of alkyl halides is 2. The van der Waals surface area contributed by atoms with Gasteiger partial charge in [-0.15, -0.1) is 0 Å². The number of rotatable bonds is 3. The van der Waals surface area contributed by atoms with Crippen molar-refractivity contribution < 1.29 is 22.4 Å². The van der Waals surface area contributed by atoms with Crippen molar-refractivity contribution in [2.75, 3.05) is 0 Å². The van der Waals surface area contributed by atoms with Crippen molar-refractivity contribution in [3.8, 4) is 0 Å². The van der Waals surface area contributed by atoms with Crippen molar-refractivity contribution in [2.24, 2.45) is 11.1 Å². The van der Waals surface area contributed by atoms with Gasteiger partial charge in [-0.1, -0.05) is 0 Å². The molecule has 1 atom stereocenters. The van der Waals surface area contributed by atoms with Crippen molar-refractivity contribution in [2.45, 2.75) is 43.2 Å². The summed E-state index contributed by atoms with van der Waals surface area (Å²) in [6.45, 7) is 0. The quantitative estimate of drug-likeness (QED) is 0.816. The van der Waals surface area contributed by atoms with E-state index in [4.69, 9.17) is 5.73 Å². The van der Waals surface area contributed by atoms with E-state index in [1.54, 1.807) is 0 Å². The van der Waals surface area contributed by atoms with Crippen LogP contribution in [0, 0.1) is 17.0 Å². The van der Waals surface area contributed by atoms with E-state index in [-0.39, 0.29) is 24.2 Å². The lowest BCUT2D eigenvalue weighted by molar-refractivity contribution is -0.381. The zero-order valence-electron chi connectivity index (χ0n) is 13.9. The van der Waals surface area contributed by atoms with Crippen LogP contribution in [0.1, 0.15) is 36.7 Å². The van der Waals surface area contributed by atoms with Gasteiger partial charge in [-0.05, 0) is 37.0 Å². The van der Waals surface area contributed by atoms with Crippen LogP contribution in [0.25, 0.3) is 0 Å². The highest BCUT2D eigenvalue weighted by Crippen LogP contribution is 2.79. The molecule has 142 valence electrons. The lowest BCUT2D eigenvalue weighted by Gasteiger charge is -2.72. The van der Waals surface area contributed by atoms with Gasteiger partial charge in [0.05, 0.1) is 6.04 Å². The van der Waals surface area contributed by atoms with Crippen LogP contribution in [0.2, 0.25) is 0 Å². The van der Waals surface area contributed by atoms with E-state index in [2.05, 4.69) is 5.10 Å². The second kappa shape index (κ2) is 4.60. The number of primary amides is 1. The molecule has 0 saturated heterocycles. The van der Waals surface area contributed by atoms with Crippen LogP contribution in [0.4, 0.5) is 17.6 Å². The Morgan fingerprint density at radius 2 is 1.81 bits per heavy atom. The Bertz CT molecular complexity index is 1050. The van der Waals surface area contributed by atoms with Crippen LogP contribution in [0.15, 0.2) is 23.0 Å². The van der Waals surface area contributed by atoms with Crippen LogP contribution in [0.3, 0.4) is 0 Å². The molecule has 0 radical (unpaired) electrons. The molecule has 2 bridgehead atoms. The minimum Gasteiger partial charge on any atom is -0.369 e. The Hall–Kier alpha value is -2.65. The summed E-state index contributed by atoms with van der Waals surface area (Å²) in [6, 6.07) is 2.27. The molecule has 6 nitrogen and oxygen atoms in total. The molecule has 1 amide bonds. The molecule has 3 fully saturated rings. The summed E-state index contributed by atoms with van der Waals surface area (Å²) in [5, 5.41) is 4.08. The van der Waals surface area contributed by atoms with Crippen LogP contribution in [0.5, 0.6) is 0 Å². The normalized spacial score (nSPS) is 32.5. The molecular weight excluding hydrogens is 368 g/mol. The number of aryl methyl sites for hydroxylation is 1. The number of halogens is 4. The first-order valence-corrected chi connectivity index (χ1v) is 8.48. The molecule has 3 aliphatic carbocycles. The van der Waals surface area contributed by atoms with E-state index < -0.39 is 46.1 Å². The van der Waals surface area contributed by atoms with Gasteiger partial charge in [-0.2, -0.15) is 5.10 Å². The zero-order valence-corrected chi connectivity index (χ0v) is 13.9. The van der Waals surface area contributed by atoms with Gasteiger partial charge in [0.2, 0.25) is 5.91 Å². The number of carbonyl (C=O) groups excluding carboxylic acids is 1. The summed E-state index contributed by atoms with van der Waals surface area (Å²) in [5.41, 5.74) is 0.825. The Kier molecular flexibility index (Phi) is 2.81. The highest BCUT2D eigenvalue weighted by Gasteiger charge is 2.93. The smallest absolute Gasteiger partial charge is 0.347 e. The molecule has 27 heavy (non-hydrogen) atoms. The molecule has 3 saturated carbocycles. The first-order chi connectivity index (χ1) is 12.6. The molecule has 0 spiro atoms. The summed E-state index contributed by atoms with van der Waals surface area (Å²) in [7, 11) is 0. The van der Waals surface area contributed by atoms with Gasteiger partial charge in [-0.25, -0.2) is 27.0 Å². The standard InChI is InChI=1S/C17H14F4N4O2/c18-9-3-8(4-10(19)5-9)11-1-2-12-23-25(14(27)24(11)12)16-6-15(7-16,13(22)26)17(16,20)21/h3-5,11H,1-2,6-7H2,(H2,22,26)/t11-,15?,16?/m0/s1. The molecule has 2 N–H and O–H groups in total. The molecule has 4 aliphatic rings. The summed E-state index contributed by atoms with van der Waals surface area (Å²) < 4.78 is 58.2. The molecule has 2 aromatic rings. The fraction of sp³-hybridized carbons (Fsp3) is 0.471. The number of nitrogens with two attached hydrogens (primary N) is 1. The van der Waals surface area contributed by atoms with Gasteiger partial charge in [0.25, 0.3) is 5.92 Å². The number of carbonyl (C=O) groups is 1. The van der Waals surface area contributed by atoms with Crippen LogP contribution in [-0.4, -0.2) is 26.2 Å². The molecule has 0 unspecified atom stereocenters. The molecule has 6 rings (SSSR count). The van der Waals surface area contributed by atoms with E-state index >= 15 is 0 Å². The van der Waals surface area contributed by atoms with Gasteiger partial charge in [-0.3, -0.25) is 9.36 Å². The first-order valence-electron chi connectivity index (χ1n) is 8.48. The van der Waals surface area contributed by atoms with Gasteiger partial charge in [0.15, 0.2) is 0 Å². The number of hydrogen-bond donors (Lipinski definition) is 1. The van der Waals surface area contributed by atoms with E-state index in [0.717, 1.165) is 22.9 Å². The average Bonchev–Trinajstić information content (AvgIpc) is 3.06. The Morgan fingerprint density at radius 3 is 2.37 bits per heavy atom. The first kappa shape index (κ1) is 16.5. The SMILES string of the molecule is NC(=O)C12CC(n3nc4n(c3=O)[C@H](c3cc(F)cc(F)c3)CC4)(C1)C2(F)F.